The number of methoxy groups -OCH3 is 1. The fraction of sp³-hybridized carbons (Fsp3) is 0.167. The molecule has 3 heterocycles. The van der Waals surface area contributed by atoms with Gasteiger partial charge in [0.15, 0.2) is 11.9 Å². The molecule has 0 aliphatic rings. The van der Waals surface area contributed by atoms with Crippen LogP contribution >= 0.6 is 0 Å². The van der Waals surface area contributed by atoms with Crippen molar-refractivity contribution in [1.82, 2.24) is 4.40 Å². The van der Waals surface area contributed by atoms with Crippen molar-refractivity contribution in [2.75, 3.05) is 7.11 Å². The van der Waals surface area contributed by atoms with Gasteiger partial charge >= 0.3 is 0 Å². The zero-order valence-electron chi connectivity index (χ0n) is 16.3. The molecule has 0 amide bonds. The van der Waals surface area contributed by atoms with Gasteiger partial charge in [0, 0.05) is 36.3 Å². The Bertz CT molecular complexity index is 1160. The molecule has 4 aromatic rings. The molecule has 0 bridgehead atoms. The van der Waals surface area contributed by atoms with Gasteiger partial charge in [-0.3, -0.25) is 4.79 Å². The molecular weight excluding hydrogens is 348 g/mol. The van der Waals surface area contributed by atoms with Crippen LogP contribution in [0.5, 0.6) is 5.75 Å². The topological polar surface area (TPSA) is 34.6 Å². The van der Waals surface area contributed by atoms with Gasteiger partial charge in [0.1, 0.15) is 11.4 Å². The number of pyridine rings is 2. The van der Waals surface area contributed by atoms with Crippen molar-refractivity contribution in [3.8, 4) is 16.9 Å². The van der Waals surface area contributed by atoms with E-state index in [0.29, 0.717) is 12.2 Å². The van der Waals surface area contributed by atoms with E-state index < -0.39 is 0 Å². The Hall–Kier alpha value is -3.40. The van der Waals surface area contributed by atoms with Crippen LogP contribution in [-0.2, 0) is 6.54 Å². The number of hydrogen-bond acceptors (Lipinski definition) is 2. The molecule has 0 fully saturated rings. The number of benzene rings is 1. The number of rotatable bonds is 5. The molecule has 0 spiro atoms. The summed E-state index contributed by atoms with van der Waals surface area (Å²) >= 11 is 0. The van der Waals surface area contributed by atoms with E-state index >= 15 is 0 Å². The molecule has 0 saturated heterocycles. The highest BCUT2D eigenvalue weighted by molar-refractivity contribution is 6.02. The fourth-order valence-corrected chi connectivity index (χ4v) is 3.59. The lowest BCUT2D eigenvalue weighted by Gasteiger charge is -2.07. The van der Waals surface area contributed by atoms with Crippen LogP contribution < -0.4 is 9.30 Å². The van der Waals surface area contributed by atoms with Crippen LogP contribution in [0.4, 0.5) is 0 Å². The molecule has 0 aliphatic carbocycles. The van der Waals surface area contributed by atoms with E-state index in [1.807, 2.05) is 76.8 Å². The van der Waals surface area contributed by atoms with Gasteiger partial charge in [0.25, 0.3) is 0 Å². The molecule has 0 aliphatic heterocycles. The van der Waals surface area contributed by atoms with Gasteiger partial charge in [-0.05, 0) is 42.3 Å². The molecule has 28 heavy (non-hydrogen) atoms. The maximum atomic E-state index is 13.4. The monoisotopic (exact) mass is 371 g/mol. The molecule has 4 rings (SSSR count). The number of hydrogen-bond donors (Lipinski definition) is 0. The van der Waals surface area contributed by atoms with Gasteiger partial charge < -0.3 is 9.14 Å². The predicted octanol–water partition coefficient (Wildman–Crippen LogP) is 4.40. The maximum Gasteiger partial charge on any atom is 0.244 e. The molecule has 1 aromatic carbocycles. The minimum Gasteiger partial charge on any atom is -0.497 e. The highest BCUT2D eigenvalue weighted by Gasteiger charge is 2.23. The normalized spacial score (nSPS) is 11.0. The van der Waals surface area contributed by atoms with Crippen LogP contribution in [-0.4, -0.2) is 17.3 Å². The van der Waals surface area contributed by atoms with E-state index in [4.69, 9.17) is 4.74 Å². The van der Waals surface area contributed by atoms with Crippen molar-refractivity contribution in [2.45, 2.75) is 20.4 Å². The van der Waals surface area contributed by atoms with Crippen LogP contribution in [0.2, 0.25) is 0 Å². The Labute approximate surface area is 164 Å². The average Bonchev–Trinajstić information content (AvgIpc) is 3.11. The number of nitrogens with zero attached hydrogens (tertiary/aromatic N) is 2. The number of aromatic nitrogens is 2. The Morgan fingerprint density at radius 2 is 1.82 bits per heavy atom. The molecule has 0 unspecified atom stereocenters. The number of carbonyl (C=O) groups excluding carboxylic acids is 1. The first kappa shape index (κ1) is 18.0. The Morgan fingerprint density at radius 3 is 2.54 bits per heavy atom. The summed E-state index contributed by atoms with van der Waals surface area (Å²) in [6.07, 6.45) is 3.91. The van der Waals surface area contributed by atoms with Crippen LogP contribution in [0.15, 0.2) is 73.1 Å². The summed E-state index contributed by atoms with van der Waals surface area (Å²) in [5, 5.41) is 0. The van der Waals surface area contributed by atoms with E-state index in [0.717, 1.165) is 33.7 Å². The van der Waals surface area contributed by atoms with Crippen molar-refractivity contribution < 1.29 is 14.1 Å². The molecule has 0 N–H and O–H groups in total. The standard InChI is InChI=1S/C24H23N2O2/c1-17-7-6-14-26-22(17)15-21(19-9-11-20(28-3)12-10-19)24(26)23(27)16-25-13-5-4-8-18(25)2/h4-15H,16H2,1-3H3/q+1. The van der Waals surface area contributed by atoms with Crippen molar-refractivity contribution in [3.63, 3.8) is 0 Å². The number of fused-ring (bicyclic) bond motifs is 1. The summed E-state index contributed by atoms with van der Waals surface area (Å²) in [6.45, 7) is 4.38. The average molecular weight is 371 g/mol. The van der Waals surface area contributed by atoms with Crippen LogP contribution in [0.3, 0.4) is 0 Å². The van der Waals surface area contributed by atoms with Crippen molar-refractivity contribution >= 4 is 11.3 Å². The van der Waals surface area contributed by atoms with Gasteiger partial charge in [0.2, 0.25) is 12.3 Å². The highest BCUT2D eigenvalue weighted by Crippen LogP contribution is 2.31. The molecule has 4 heteroatoms. The summed E-state index contributed by atoms with van der Waals surface area (Å²) in [5.41, 5.74) is 5.89. The first-order valence-corrected chi connectivity index (χ1v) is 9.32. The first-order chi connectivity index (χ1) is 13.6. The third kappa shape index (κ3) is 3.18. The molecule has 0 atom stereocenters. The summed E-state index contributed by atoms with van der Waals surface area (Å²) in [4.78, 5) is 13.4. The zero-order valence-corrected chi connectivity index (χ0v) is 16.3. The number of ether oxygens (including phenoxy) is 1. The molecule has 0 radical (unpaired) electrons. The lowest BCUT2D eigenvalue weighted by Crippen LogP contribution is -2.40. The molecule has 4 nitrogen and oxygen atoms in total. The molecule has 140 valence electrons. The third-order valence-corrected chi connectivity index (χ3v) is 5.17. The van der Waals surface area contributed by atoms with Crippen LogP contribution in [0.1, 0.15) is 21.7 Å². The smallest absolute Gasteiger partial charge is 0.244 e. The Kier molecular flexibility index (Phi) is 4.70. The van der Waals surface area contributed by atoms with E-state index in [1.54, 1.807) is 7.11 Å². The van der Waals surface area contributed by atoms with E-state index in [2.05, 4.69) is 19.1 Å². The summed E-state index contributed by atoms with van der Waals surface area (Å²) in [5.74, 6) is 0.878. The van der Waals surface area contributed by atoms with E-state index in [9.17, 15) is 4.79 Å². The van der Waals surface area contributed by atoms with Gasteiger partial charge in [-0.2, -0.15) is 4.57 Å². The second-order valence-corrected chi connectivity index (χ2v) is 6.97. The lowest BCUT2D eigenvalue weighted by molar-refractivity contribution is -0.689. The van der Waals surface area contributed by atoms with Gasteiger partial charge in [0.05, 0.1) is 7.11 Å². The van der Waals surface area contributed by atoms with Gasteiger partial charge in [-0.1, -0.05) is 24.3 Å². The van der Waals surface area contributed by atoms with Gasteiger partial charge in [-0.25, -0.2) is 0 Å². The van der Waals surface area contributed by atoms with E-state index in [1.165, 1.54) is 0 Å². The van der Waals surface area contributed by atoms with E-state index in [-0.39, 0.29) is 5.78 Å². The summed E-state index contributed by atoms with van der Waals surface area (Å²) in [6, 6.07) is 19.9. The first-order valence-electron chi connectivity index (χ1n) is 9.32. The quantitative estimate of drug-likeness (QED) is 0.385. The second kappa shape index (κ2) is 7.31. The number of ketones is 1. The number of aryl methyl sites for hydroxylation is 2. The predicted molar refractivity (Wildman–Crippen MR) is 110 cm³/mol. The highest BCUT2D eigenvalue weighted by atomic mass is 16.5. The largest absolute Gasteiger partial charge is 0.497 e. The minimum absolute atomic E-state index is 0.0794. The van der Waals surface area contributed by atoms with Crippen LogP contribution in [0, 0.1) is 13.8 Å². The molecule has 0 saturated carbocycles. The second-order valence-electron chi connectivity index (χ2n) is 6.97. The van der Waals surface area contributed by atoms with Crippen LogP contribution in [0.25, 0.3) is 16.6 Å². The summed E-state index contributed by atoms with van der Waals surface area (Å²) < 4.78 is 9.27. The Balaban J connectivity index is 1.86. The Morgan fingerprint density at radius 1 is 1.04 bits per heavy atom. The van der Waals surface area contributed by atoms with Crippen molar-refractivity contribution in [2.24, 2.45) is 0 Å². The molecule has 3 aromatic heterocycles. The van der Waals surface area contributed by atoms with Gasteiger partial charge in [-0.15, -0.1) is 0 Å². The molecular formula is C24H23N2O2+. The number of carbonyl (C=O) groups is 1. The third-order valence-electron chi connectivity index (χ3n) is 5.17. The zero-order chi connectivity index (χ0) is 19.7. The number of Topliss-reactive ketones (excluding diaryl/α,β-unsaturated/α-hetero) is 1. The lowest BCUT2D eigenvalue weighted by atomic mass is 10.0. The maximum absolute atomic E-state index is 13.4. The van der Waals surface area contributed by atoms with Crippen molar-refractivity contribution in [1.29, 1.82) is 0 Å². The summed E-state index contributed by atoms with van der Waals surface area (Å²) in [7, 11) is 1.65. The van der Waals surface area contributed by atoms with Crippen molar-refractivity contribution in [3.05, 3.63) is 90.0 Å². The minimum atomic E-state index is 0.0794. The fourth-order valence-electron chi connectivity index (χ4n) is 3.59. The SMILES string of the molecule is COc1ccc(-c2cc3c(C)cccn3c2C(=O)C[n+]2ccccc2C)cc1.